The van der Waals surface area contributed by atoms with E-state index in [0.717, 1.165) is 38.9 Å². The Hall–Kier alpha value is -5.03. The highest BCUT2D eigenvalue weighted by Crippen LogP contribution is 2.41. The molecule has 0 saturated heterocycles. The summed E-state index contributed by atoms with van der Waals surface area (Å²) in [7, 11) is 0. The Kier molecular flexibility index (Phi) is 7.13. The largest absolute Gasteiger partial charge is 0.457 e. The number of anilines is 1. The van der Waals surface area contributed by atoms with Crippen molar-refractivity contribution in [3.63, 3.8) is 0 Å². The van der Waals surface area contributed by atoms with Crippen molar-refractivity contribution in [3.05, 3.63) is 126 Å². The highest BCUT2D eigenvalue weighted by atomic mass is 16.5. The second-order valence-electron chi connectivity index (χ2n) is 14.5. The molecule has 0 atom stereocenters. The van der Waals surface area contributed by atoms with E-state index in [-0.39, 0.29) is 12.1 Å². The Morgan fingerprint density at radius 1 is 0.750 bits per heavy atom. The minimum atomic E-state index is -2.19. The number of aromatic nitrogens is 2. The molecule has 0 amide bonds. The maximum absolute atomic E-state index is 7.74. The van der Waals surface area contributed by atoms with Crippen LogP contribution in [0.5, 0.6) is 11.5 Å². The molecule has 0 aliphatic carbocycles. The van der Waals surface area contributed by atoms with Gasteiger partial charge in [0.25, 0.3) is 0 Å². The number of para-hydroxylation sites is 1. The van der Waals surface area contributed by atoms with Crippen molar-refractivity contribution < 1.29 is 8.85 Å². The first-order chi connectivity index (χ1) is 24.2. The third kappa shape index (κ3) is 5.83. The zero-order chi connectivity index (χ0) is 36.2. The summed E-state index contributed by atoms with van der Waals surface area (Å²) in [5.41, 5.74) is 9.52. The molecule has 1 aliphatic heterocycles. The van der Waals surface area contributed by atoms with Crippen LogP contribution in [0.2, 0.25) is 0 Å². The number of fused-ring (bicyclic) bond motifs is 3. The molecule has 244 valence electrons. The molecular weight excluding hydrogens is 589 g/mol. The van der Waals surface area contributed by atoms with Gasteiger partial charge in [-0.2, -0.15) is 0 Å². The number of ether oxygens (including phenoxy) is 1. The number of nitrogens with zero attached hydrogens (tertiary/aromatic N) is 4. The van der Waals surface area contributed by atoms with Gasteiger partial charge in [0.15, 0.2) is 0 Å². The van der Waals surface area contributed by atoms with Crippen LogP contribution in [0.15, 0.2) is 110 Å². The molecule has 0 unspecified atom stereocenters. The normalized spacial score (nSPS) is 14.7. The first kappa shape index (κ1) is 28.0. The van der Waals surface area contributed by atoms with Crippen molar-refractivity contribution in [2.75, 3.05) is 18.5 Å². The van der Waals surface area contributed by atoms with Gasteiger partial charge in [-0.05, 0) is 87.5 Å². The van der Waals surface area contributed by atoms with Crippen LogP contribution >= 0.6 is 0 Å². The first-order valence-electron chi connectivity index (χ1n) is 18.4. The Morgan fingerprint density at radius 2 is 1.48 bits per heavy atom. The van der Waals surface area contributed by atoms with E-state index in [1.807, 2.05) is 41.4 Å². The van der Waals surface area contributed by atoms with Crippen LogP contribution in [0.25, 0.3) is 38.8 Å². The smallest absolute Gasteiger partial charge is 0.138 e. The van der Waals surface area contributed by atoms with Crippen LogP contribution in [0.4, 0.5) is 5.69 Å². The van der Waals surface area contributed by atoms with E-state index in [0.29, 0.717) is 23.3 Å². The van der Waals surface area contributed by atoms with Gasteiger partial charge in [0, 0.05) is 58.3 Å². The molecule has 4 aromatic carbocycles. The molecular formula is C43H46N4O. The third-order valence-electron chi connectivity index (χ3n) is 9.33. The summed E-state index contributed by atoms with van der Waals surface area (Å²) in [6, 6.07) is 31.6. The first-order valence-corrected chi connectivity index (χ1v) is 16.9. The van der Waals surface area contributed by atoms with Crippen molar-refractivity contribution in [3.8, 4) is 28.4 Å². The third-order valence-corrected chi connectivity index (χ3v) is 9.33. The van der Waals surface area contributed by atoms with Gasteiger partial charge in [0.2, 0.25) is 0 Å². The molecule has 5 nitrogen and oxygen atoms in total. The second-order valence-corrected chi connectivity index (χ2v) is 14.5. The van der Waals surface area contributed by atoms with Crippen molar-refractivity contribution in [1.29, 1.82) is 0 Å². The molecule has 1 aliphatic rings. The molecule has 7 rings (SSSR count). The lowest BCUT2D eigenvalue weighted by Crippen LogP contribution is -2.21. The van der Waals surface area contributed by atoms with Gasteiger partial charge in [0.1, 0.15) is 17.3 Å². The maximum atomic E-state index is 7.74. The second kappa shape index (κ2) is 12.2. The highest BCUT2D eigenvalue weighted by Gasteiger charge is 2.23. The predicted octanol–water partition coefficient (Wildman–Crippen LogP) is 11.4. The molecule has 0 fully saturated rings. The number of rotatable bonds is 7. The van der Waals surface area contributed by atoms with Gasteiger partial charge < -0.3 is 14.5 Å². The van der Waals surface area contributed by atoms with Crippen molar-refractivity contribution in [1.82, 2.24) is 14.5 Å². The van der Waals surface area contributed by atoms with Crippen molar-refractivity contribution in [2.45, 2.75) is 65.7 Å². The molecule has 5 heteroatoms. The topological polar surface area (TPSA) is 33.5 Å². The monoisotopic (exact) mass is 637 g/mol. The van der Waals surface area contributed by atoms with Gasteiger partial charge in [-0.15, -0.1) is 0 Å². The standard InChI is InChI=1S/C43H46N4O/c1-28(2)37-23-31(43(5,6)7)24-38(29(3)4)42(37)30-18-19-44-41(22-30)47-39-15-10-9-14-35(39)36-17-16-34(26-40(36)47)48-33-13-11-12-32(25-33)46-21-20-45(8)27-46/h9-26,28-29H,27H2,1-8H3/i8D3. The highest BCUT2D eigenvalue weighted by molar-refractivity contribution is 6.09. The molecule has 0 saturated carbocycles. The summed E-state index contributed by atoms with van der Waals surface area (Å²) in [6.07, 6.45) is 5.32. The molecule has 48 heavy (non-hydrogen) atoms. The minimum Gasteiger partial charge on any atom is -0.457 e. The Labute approximate surface area is 289 Å². The molecule has 3 heterocycles. The lowest BCUT2D eigenvalue weighted by molar-refractivity contribution is 0.481. The molecule has 2 aromatic heterocycles. The fraction of sp³-hybridized carbons (Fsp3) is 0.279. The summed E-state index contributed by atoms with van der Waals surface area (Å²) >= 11 is 0. The summed E-state index contributed by atoms with van der Waals surface area (Å²) < 4.78 is 31.9. The molecule has 0 radical (unpaired) electrons. The average Bonchev–Trinajstić information content (AvgIpc) is 3.71. The van der Waals surface area contributed by atoms with Crippen LogP contribution in [0.1, 0.15) is 81.1 Å². The van der Waals surface area contributed by atoms with Gasteiger partial charge in [-0.25, -0.2) is 4.98 Å². The zero-order valence-electron chi connectivity index (χ0n) is 32.0. The van der Waals surface area contributed by atoms with Crippen LogP contribution in [0, 0.1) is 0 Å². The minimum absolute atomic E-state index is 0.0470. The fourth-order valence-corrected chi connectivity index (χ4v) is 6.77. The van der Waals surface area contributed by atoms with Gasteiger partial charge in [-0.1, -0.05) is 84.9 Å². The van der Waals surface area contributed by atoms with E-state index >= 15 is 0 Å². The van der Waals surface area contributed by atoms with Crippen LogP contribution in [0.3, 0.4) is 0 Å². The summed E-state index contributed by atoms with van der Waals surface area (Å²) in [4.78, 5) is 8.20. The molecule has 0 N–H and O–H groups in total. The Bertz CT molecular complexity index is 2250. The van der Waals surface area contributed by atoms with Gasteiger partial charge in [0.05, 0.1) is 17.7 Å². The molecule has 0 bridgehead atoms. The predicted molar refractivity (Wildman–Crippen MR) is 202 cm³/mol. The number of pyridine rings is 1. The fourth-order valence-electron chi connectivity index (χ4n) is 6.77. The summed E-state index contributed by atoms with van der Waals surface area (Å²) in [6.45, 7) is 14.1. The lowest BCUT2D eigenvalue weighted by Gasteiger charge is -2.27. The van der Waals surface area contributed by atoms with E-state index in [1.54, 1.807) is 12.4 Å². The van der Waals surface area contributed by atoms with Crippen LogP contribution in [-0.2, 0) is 5.41 Å². The molecule has 0 spiro atoms. The average molecular weight is 638 g/mol. The van der Waals surface area contributed by atoms with Crippen molar-refractivity contribution in [2.24, 2.45) is 0 Å². The van der Waals surface area contributed by atoms with E-state index in [4.69, 9.17) is 13.8 Å². The Morgan fingerprint density at radius 3 is 2.19 bits per heavy atom. The van der Waals surface area contributed by atoms with Crippen LogP contribution in [-0.4, -0.2) is 28.1 Å². The van der Waals surface area contributed by atoms with E-state index < -0.39 is 6.98 Å². The zero-order valence-corrected chi connectivity index (χ0v) is 29.0. The van der Waals surface area contributed by atoms with E-state index in [9.17, 15) is 0 Å². The van der Waals surface area contributed by atoms with Gasteiger partial charge >= 0.3 is 0 Å². The quantitative estimate of drug-likeness (QED) is 0.174. The van der Waals surface area contributed by atoms with Crippen molar-refractivity contribution >= 4 is 27.5 Å². The van der Waals surface area contributed by atoms with Gasteiger partial charge in [-0.3, -0.25) is 4.57 Å². The maximum Gasteiger partial charge on any atom is 0.138 e. The summed E-state index contributed by atoms with van der Waals surface area (Å²) in [5.74, 6) is 2.91. The Balaban J connectivity index is 1.31. The number of hydrogen-bond donors (Lipinski definition) is 0. The van der Waals surface area contributed by atoms with E-state index in [2.05, 4.69) is 114 Å². The summed E-state index contributed by atoms with van der Waals surface area (Å²) in [5, 5.41) is 2.26. The lowest BCUT2D eigenvalue weighted by atomic mass is 9.78. The molecule has 6 aromatic rings. The van der Waals surface area contributed by atoms with Crippen LogP contribution < -0.4 is 9.64 Å². The van der Waals surface area contributed by atoms with E-state index in [1.165, 1.54) is 27.2 Å². The SMILES string of the molecule is [2H]C([2H])([2H])N1C=CN(c2cccc(Oc3ccc4c5ccccc5n(-c5cc(-c6c(C(C)C)cc(C(C)(C)C)cc6C(C)C)ccn5)c4c3)c2)C1. The number of benzene rings is 4. The number of hydrogen-bond acceptors (Lipinski definition) is 4.